The van der Waals surface area contributed by atoms with Gasteiger partial charge in [-0.25, -0.2) is 0 Å². The normalized spacial score (nSPS) is 12.8. The lowest BCUT2D eigenvalue weighted by Gasteiger charge is -2.10. The van der Waals surface area contributed by atoms with Crippen LogP contribution in [0.2, 0.25) is 0 Å². The average Bonchev–Trinajstić information content (AvgIpc) is 2.56. The summed E-state index contributed by atoms with van der Waals surface area (Å²) in [5.41, 5.74) is 1.19. The molecule has 1 rings (SSSR count). The SMILES string of the molecule is CCCc1cc(NCC(C)CC)n(C)n1. The van der Waals surface area contributed by atoms with E-state index in [9.17, 15) is 0 Å². The van der Waals surface area contributed by atoms with Gasteiger partial charge in [-0.1, -0.05) is 33.6 Å². The van der Waals surface area contributed by atoms with E-state index in [1.54, 1.807) is 0 Å². The number of anilines is 1. The van der Waals surface area contributed by atoms with E-state index in [-0.39, 0.29) is 0 Å². The van der Waals surface area contributed by atoms with Crippen LogP contribution in [0.15, 0.2) is 6.07 Å². The molecule has 3 nitrogen and oxygen atoms in total. The quantitative estimate of drug-likeness (QED) is 0.780. The molecule has 1 atom stereocenters. The molecule has 1 unspecified atom stereocenters. The van der Waals surface area contributed by atoms with Gasteiger partial charge in [-0.15, -0.1) is 0 Å². The van der Waals surface area contributed by atoms with Crippen molar-refractivity contribution in [2.75, 3.05) is 11.9 Å². The van der Waals surface area contributed by atoms with E-state index >= 15 is 0 Å². The van der Waals surface area contributed by atoms with E-state index in [1.807, 2.05) is 11.7 Å². The second-order valence-corrected chi connectivity index (χ2v) is 4.29. The van der Waals surface area contributed by atoms with Crippen LogP contribution in [0.1, 0.15) is 39.3 Å². The molecule has 0 aromatic carbocycles. The molecule has 0 aliphatic rings. The number of hydrogen-bond acceptors (Lipinski definition) is 2. The highest BCUT2D eigenvalue weighted by atomic mass is 15.3. The Balaban J connectivity index is 2.53. The minimum atomic E-state index is 0.717. The van der Waals surface area contributed by atoms with Crippen molar-refractivity contribution < 1.29 is 0 Å². The Bertz CT molecular complexity index is 291. The van der Waals surface area contributed by atoms with Gasteiger partial charge in [-0.3, -0.25) is 4.68 Å². The maximum atomic E-state index is 4.46. The fourth-order valence-corrected chi connectivity index (χ4v) is 1.49. The van der Waals surface area contributed by atoms with Gasteiger partial charge in [-0.2, -0.15) is 5.10 Å². The third kappa shape index (κ3) is 3.57. The molecule has 1 heterocycles. The van der Waals surface area contributed by atoms with Crippen LogP contribution in [0, 0.1) is 5.92 Å². The Kier molecular flexibility index (Phi) is 4.66. The Morgan fingerprint density at radius 3 is 2.80 bits per heavy atom. The van der Waals surface area contributed by atoms with Crippen molar-refractivity contribution in [3.8, 4) is 0 Å². The maximum Gasteiger partial charge on any atom is 0.124 e. The Morgan fingerprint density at radius 2 is 2.20 bits per heavy atom. The second kappa shape index (κ2) is 5.79. The predicted molar refractivity (Wildman–Crippen MR) is 65.1 cm³/mol. The number of aryl methyl sites for hydroxylation is 2. The largest absolute Gasteiger partial charge is 0.370 e. The number of hydrogen-bond donors (Lipinski definition) is 1. The van der Waals surface area contributed by atoms with Crippen LogP contribution in [-0.4, -0.2) is 16.3 Å². The average molecular weight is 209 g/mol. The van der Waals surface area contributed by atoms with Crippen molar-refractivity contribution in [1.82, 2.24) is 9.78 Å². The molecular weight excluding hydrogens is 186 g/mol. The van der Waals surface area contributed by atoms with Crippen LogP contribution in [-0.2, 0) is 13.5 Å². The summed E-state index contributed by atoms with van der Waals surface area (Å²) in [7, 11) is 2.00. The zero-order valence-electron chi connectivity index (χ0n) is 10.4. The molecule has 0 saturated carbocycles. The molecule has 0 aliphatic heterocycles. The van der Waals surface area contributed by atoms with Crippen LogP contribution in [0.3, 0.4) is 0 Å². The maximum absolute atomic E-state index is 4.46. The Labute approximate surface area is 92.9 Å². The zero-order chi connectivity index (χ0) is 11.3. The second-order valence-electron chi connectivity index (χ2n) is 4.29. The molecule has 0 saturated heterocycles. The van der Waals surface area contributed by atoms with Gasteiger partial charge in [0, 0.05) is 19.7 Å². The third-order valence-corrected chi connectivity index (χ3v) is 2.77. The van der Waals surface area contributed by atoms with Gasteiger partial charge in [0.15, 0.2) is 0 Å². The van der Waals surface area contributed by atoms with Crippen molar-refractivity contribution in [2.24, 2.45) is 13.0 Å². The fraction of sp³-hybridized carbons (Fsp3) is 0.750. The lowest BCUT2D eigenvalue weighted by atomic mass is 10.1. The van der Waals surface area contributed by atoms with E-state index < -0.39 is 0 Å². The highest BCUT2D eigenvalue weighted by Gasteiger charge is 2.05. The van der Waals surface area contributed by atoms with Gasteiger partial charge in [0.2, 0.25) is 0 Å². The number of nitrogens with one attached hydrogen (secondary N) is 1. The van der Waals surface area contributed by atoms with Crippen LogP contribution < -0.4 is 5.32 Å². The smallest absolute Gasteiger partial charge is 0.124 e. The molecule has 1 aromatic rings. The molecule has 86 valence electrons. The van der Waals surface area contributed by atoms with E-state index in [2.05, 4.69) is 37.3 Å². The third-order valence-electron chi connectivity index (χ3n) is 2.77. The molecular formula is C12H23N3. The van der Waals surface area contributed by atoms with E-state index in [1.165, 1.54) is 12.1 Å². The van der Waals surface area contributed by atoms with Crippen LogP contribution in [0.4, 0.5) is 5.82 Å². The lowest BCUT2D eigenvalue weighted by Crippen LogP contribution is -2.12. The first kappa shape index (κ1) is 12.1. The van der Waals surface area contributed by atoms with Gasteiger partial charge in [0.05, 0.1) is 5.69 Å². The summed E-state index contributed by atoms with van der Waals surface area (Å²) in [5, 5.41) is 7.90. The molecule has 1 N–H and O–H groups in total. The molecule has 0 radical (unpaired) electrons. The minimum absolute atomic E-state index is 0.717. The van der Waals surface area contributed by atoms with Gasteiger partial charge in [0.25, 0.3) is 0 Å². The molecule has 1 aromatic heterocycles. The fourth-order valence-electron chi connectivity index (χ4n) is 1.49. The lowest BCUT2D eigenvalue weighted by molar-refractivity contribution is 0.589. The van der Waals surface area contributed by atoms with Gasteiger partial charge < -0.3 is 5.32 Å². The standard InChI is InChI=1S/C12H23N3/c1-5-7-11-8-12(15(4)14-11)13-9-10(3)6-2/h8,10,13H,5-7,9H2,1-4H3. The molecule has 0 fully saturated rings. The monoisotopic (exact) mass is 209 g/mol. The van der Waals surface area contributed by atoms with Gasteiger partial charge >= 0.3 is 0 Å². The number of nitrogens with zero attached hydrogens (tertiary/aromatic N) is 2. The van der Waals surface area contributed by atoms with Crippen LogP contribution in [0.5, 0.6) is 0 Å². The Hall–Kier alpha value is -0.990. The molecule has 0 amide bonds. The van der Waals surface area contributed by atoms with Crippen LogP contribution >= 0.6 is 0 Å². The van der Waals surface area contributed by atoms with Crippen molar-refractivity contribution >= 4 is 5.82 Å². The summed E-state index contributed by atoms with van der Waals surface area (Å²) in [6.07, 6.45) is 3.44. The highest BCUT2D eigenvalue weighted by molar-refractivity contribution is 5.36. The predicted octanol–water partition coefficient (Wildman–Crippen LogP) is 2.83. The molecule has 0 aliphatic carbocycles. The first-order chi connectivity index (χ1) is 7.17. The first-order valence-electron chi connectivity index (χ1n) is 5.94. The molecule has 0 bridgehead atoms. The van der Waals surface area contributed by atoms with E-state index in [4.69, 9.17) is 0 Å². The number of aromatic nitrogens is 2. The van der Waals surface area contributed by atoms with E-state index in [0.717, 1.165) is 31.1 Å². The van der Waals surface area contributed by atoms with E-state index in [0.29, 0.717) is 0 Å². The zero-order valence-corrected chi connectivity index (χ0v) is 10.4. The summed E-state index contributed by atoms with van der Waals surface area (Å²) in [5.74, 6) is 1.85. The summed E-state index contributed by atoms with van der Waals surface area (Å²) in [6.45, 7) is 7.69. The first-order valence-corrected chi connectivity index (χ1v) is 5.94. The van der Waals surface area contributed by atoms with Gasteiger partial charge in [0.1, 0.15) is 5.82 Å². The van der Waals surface area contributed by atoms with Crippen molar-refractivity contribution in [3.63, 3.8) is 0 Å². The number of rotatable bonds is 6. The van der Waals surface area contributed by atoms with Crippen molar-refractivity contribution in [3.05, 3.63) is 11.8 Å². The van der Waals surface area contributed by atoms with Gasteiger partial charge in [-0.05, 0) is 12.3 Å². The summed E-state index contributed by atoms with van der Waals surface area (Å²) < 4.78 is 1.94. The molecule has 3 heteroatoms. The minimum Gasteiger partial charge on any atom is -0.370 e. The summed E-state index contributed by atoms with van der Waals surface area (Å²) in [4.78, 5) is 0. The highest BCUT2D eigenvalue weighted by Crippen LogP contribution is 2.12. The van der Waals surface area contributed by atoms with Crippen LogP contribution in [0.25, 0.3) is 0 Å². The molecule has 0 spiro atoms. The van der Waals surface area contributed by atoms with Crippen molar-refractivity contribution in [2.45, 2.75) is 40.0 Å². The summed E-state index contributed by atoms with van der Waals surface area (Å²) >= 11 is 0. The Morgan fingerprint density at radius 1 is 1.47 bits per heavy atom. The topological polar surface area (TPSA) is 29.9 Å². The molecule has 15 heavy (non-hydrogen) atoms. The van der Waals surface area contributed by atoms with Crippen molar-refractivity contribution in [1.29, 1.82) is 0 Å². The summed E-state index contributed by atoms with van der Waals surface area (Å²) in [6, 6.07) is 2.16.